The van der Waals surface area contributed by atoms with Crippen molar-refractivity contribution in [2.45, 2.75) is 6.10 Å². The minimum absolute atomic E-state index is 0.260. The van der Waals surface area contributed by atoms with Crippen LogP contribution in [-0.2, 0) is 15.0 Å². The van der Waals surface area contributed by atoms with Crippen LogP contribution in [0.15, 0.2) is 60.8 Å². The van der Waals surface area contributed by atoms with Crippen LogP contribution in [0, 0.1) is 11.3 Å². The Morgan fingerprint density at radius 1 is 1.12 bits per heavy atom. The molecule has 10 nitrogen and oxygen atoms in total. The number of amides is 1. The zero-order chi connectivity index (χ0) is 23.0. The number of rotatable bonds is 5. The molecule has 1 aromatic heterocycles. The second-order valence-corrected chi connectivity index (χ2v) is 8.81. The highest BCUT2D eigenvalue weighted by Crippen LogP contribution is 2.43. The van der Waals surface area contributed by atoms with E-state index in [9.17, 15) is 13.2 Å². The van der Waals surface area contributed by atoms with Crippen LogP contribution in [0.5, 0.6) is 23.0 Å². The Labute approximate surface area is 189 Å². The molecule has 1 saturated heterocycles. The summed E-state index contributed by atoms with van der Waals surface area (Å²) in [5.74, 6) is 1.45. The zero-order valence-corrected chi connectivity index (χ0v) is 17.8. The smallest absolute Gasteiger partial charge is 0.326 e. The molecule has 2 aromatic carbocycles. The maximum atomic E-state index is 12.0. The van der Waals surface area contributed by atoms with Crippen LogP contribution >= 0.6 is 0 Å². The second-order valence-electron chi connectivity index (χ2n) is 7.22. The van der Waals surface area contributed by atoms with E-state index in [1.807, 2.05) is 22.9 Å². The quantitative estimate of drug-likeness (QED) is 0.609. The summed E-state index contributed by atoms with van der Waals surface area (Å²) in [6.07, 6.45) is 1.07. The Kier molecular flexibility index (Phi) is 4.99. The van der Waals surface area contributed by atoms with Crippen molar-refractivity contribution in [2.24, 2.45) is 0 Å². The Balaban J connectivity index is 1.31. The number of nitrogens with zero attached hydrogens (tertiary/aromatic N) is 3. The Hall–Kier alpha value is -4.30. The molecule has 3 heterocycles. The molecule has 0 unspecified atom stereocenters. The molecule has 11 heteroatoms. The van der Waals surface area contributed by atoms with Gasteiger partial charge in [-0.05, 0) is 42.5 Å². The fourth-order valence-electron chi connectivity index (χ4n) is 3.53. The molecule has 2 aliphatic rings. The van der Waals surface area contributed by atoms with Gasteiger partial charge in [0.2, 0.25) is 0 Å². The fraction of sp³-hybridized carbons (Fsp3) is 0.136. The highest BCUT2D eigenvalue weighted by Gasteiger charge is 2.34. The molecule has 5 rings (SSSR count). The number of pyridine rings is 1. The van der Waals surface area contributed by atoms with Crippen LogP contribution in [-0.4, -0.2) is 32.5 Å². The van der Waals surface area contributed by atoms with Crippen molar-refractivity contribution in [1.29, 1.82) is 5.26 Å². The minimum atomic E-state index is -3.86. The third-order valence-corrected chi connectivity index (χ3v) is 6.44. The number of hydrogen-bond donors (Lipinski definition) is 1. The van der Waals surface area contributed by atoms with Gasteiger partial charge in [-0.1, -0.05) is 12.1 Å². The molecular weight excluding hydrogens is 448 g/mol. The van der Waals surface area contributed by atoms with Crippen molar-refractivity contribution in [3.8, 4) is 29.1 Å². The van der Waals surface area contributed by atoms with Crippen LogP contribution < -0.4 is 23.2 Å². The number of hydrogen-bond acceptors (Lipinski definition) is 8. The van der Waals surface area contributed by atoms with Crippen molar-refractivity contribution in [1.82, 2.24) is 9.71 Å². The molecule has 33 heavy (non-hydrogen) atoms. The lowest BCUT2D eigenvalue weighted by molar-refractivity contribution is -0.117. The number of ether oxygens (including phenoxy) is 3. The number of benzene rings is 2. The van der Waals surface area contributed by atoms with Crippen LogP contribution in [0.25, 0.3) is 0 Å². The van der Waals surface area contributed by atoms with E-state index in [4.69, 9.17) is 19.5 Å². The van der Waals surface area contributed by atoms with Gasteiger partial charge in [-0.15, -0.1) is 0 Å². The molecule has 0 saturated carbocycles. The molecule has 1 N–H and O–H groups in total. The summed E-state index contributed by atoms with van der Waals surface area (Å²) in [4.78, 5) is 15.4. The lowest BCUT2D eigenvalue weighted by Crippen LogP contribution is -2.29. The highest BCUT2D eigenvalue weighted by atomic mass is 32.2. The molecule has 1 amide bonds. The van der Waals surface area contributed by atoms with E-state index in [-0.39, 0.29) is 13.2 Å². The number of nitrogens with one attached hydrogen (secondary N) is 1. The van der Waals surface area contributed by atoms with Gasteiger partial charge in [0.1, 0.15) is 36.4 Å². The van der Waals surface area contributed by atoms with Gasteiger partial charge in [0.25, 0.3) is 5.91 Å². The number of anilines is 1. The Morgan fingerprint density at radius 2 is 1.91 bits per heavy atom. The van der Waals surface area contributed by atoms with Crippen LogP contribution in [0.1, 0.15) is 17.4 Å². The summed E-state index contributed by atoms with van der Waals surface area (Å²) in [6.45, 7) is 0.00587. The SMILES string of the molecule is N#Cc1ccc(Oc2cccc3c2OC[C@H]3Oc2ccc(N3CC(=O)NS3(=O)=O)cc2)cn1. The van der Waals surface area contributed by atoms with Crippen molar-refractivity contribution in [3.05, 3.63) is 72.1 Å². The van der Waals surface area contributed by atoms with Crippen molar-refractivity contribution >= 4 is 21.8 Å². The summed E-state index contributed by atoms with van der Waals surface area (Å²) in [6, 6.07) is 17.0. The van der Waals surface area contributed by atoms with E-state index < -0.39 is 22.2 Å². The first-order chi connectivity index (χ1) is 15.9. The van der Waals surface area contributed by atoms with Crippen LogP contribution in [0.3, 0.4) is 0 Å². The maximum Gasteiger partial charge on any atom is 0.326 e. The lowest BCUT2D eigenvalue weighted by Gasteiger charge is -2.16. The van der Waals surface area contributed by atoms with Crippen LogP contribution in [0.2, 0.25) is 0 Å². The number of nitriles is 1. The van der Waals surface area contributed by atoms with Gasteiger partial charge in [0.15, 0.2) is 17.6 Å². The van der Waals surface area contributed by atoms with Gasteiger partial charge in [0, 0.05) is 5.56 Å². The van der Waals surface area contributed by atoms with E-state index in [1.54, 1.807) is 42.5 Å². The fourth-order valence-corrected chi connectivity index (χ4v) is 4.68. The second kappa shape index (κ2) is 7.99. The van der Waals surface area contributed by atoms with Crippen molar-refractivity contribution in [3.63, 3.8) is 0 Å². The van der Waals surface area contributed by atoms with E-state index in [1.165, 1.54) is 6.20 Å². The maximum absolute atomic E-state index is 12.0. The lowest BCUT2D eigenvalue weighted by atomic mass is 10.1. The van der Waals surface area contributed by atoms with Crippen LogP contribution in [0.4, 0.5) is 5.69 Å². The Bertz CT molecular complexity index is 1370. The van der Waals surface area contributed by atoms with Gasteiger partial charge in [0.05, 0.1) is 11.9 Å². The average Bonchev–Trinajstić information content (AvgIpc) is 3.34. The topological polar surface area (TPSA) is 131 Å². The predicted octanol–water partition coefficient (Wildman–Crippen LogP) is 2.44. The first-order valence-electron chi connectivity index (χ1n) is 9.83. The van der Waals surface area contributed by atoms with E-state index >= 15 is 0 Å². The molecular formula is C22H16N4O6S. The summed E-state index contributed by atoms with van der Waals surface area (Å²) in [5, 5.41) is 8.87. The summed E-state index contributed by atoms with van der Waals surface area (Å²) >= 11 is 0. The summed E-state index contributed by atoms with van der Waals surface area (Å²) in [7, 11) is -3.86. The van der Waals surface area contributed by atoms with Crippen molar-refractivity contribution < 1.29 is 27.4 Å². The largest absolute Gasteiger partial charge is 0.485 e. The number of aromatic nitrogens is 1. The molecule has 0 aliphatic carbocycles. The van der Waals surface area contributed by atoms with E-state index in [0.717, 1.165) is 9.87 Å². The molecule has 0 bridgehead atoms. The molecule has 3 aromatic rings. The summed E-state index contributed by atoms with van der Waals surface area (Å²) < 4.78 is 44.6. The molecule has 1 fully saturated rings. The standard InChI is InChI=1S/C22H16N4O6S/c23-10-14-4-7-17(11-24-14)32-19-3-1-2-18-20(13-30-22(18)19)31-16-8-5-15(6-9-16)26-12-21(27)25-33(26,28)29/h1-9,11,20H,12-13H2,(H,25,27)/t20-/m1/s1. The third-order valence-electron chi connectivity index (χ3n) is 5.04. The van der Waals surface area contributed by atoms with Gasteiger partial charge < -0.3 is 14.2 Å². The predicted molar refractivity (Wildman–Crippen MR) is 115 cm³/mol. The molecule has 166 valence electrons. The summed E-state index contributed by atoms with van der Waals surface area (Å²) in [5.41, 5.74) is 1.45. The molecule has 1 atom stereocenters. The van der Waals surface area contributed by atoms with Gasteiger partial charge in [-0.25, -0.2) is 14.0 Å². The number of carbonyl (C=O) groups excluding carboxylic acids is 1. The normalized spacial score (nSPS) is 18.1. The van der Waals surface area contributed by atoms with Gasteiger partial charge in [-0.2, -0.15) is 13.7 Å². The number of para-hydroxylation sites is 1. The first-order valence-corrected chi connectivity index (χ1v) is 11.3. The molecule has 0 radical (unpaired) electrons. The van der Waals surface area contributed by atoms with Crippen molar-refractivity contribution in [2.75, 3.05) is 17.5 Å². The first kappa shape index (κ1) is 20.6. The van der Waals surface area contributed by atoms with E-state index in [0.29, 0.717) is 34.4 Å². The third kappa shape index (κ3) is 3.99. The number of fused-ring (bicyclic) bond motifs is 1. The minimum Gasteiger partial charge on any atom is -0.485 e. The molecule has 0 spiro atoms. The highest BCUT2D eigenvalue weighted by molar-refractivity contribution is 7.92. The number of carbonyl (C=O) groups is 1. The average molecular weight is 464 g/mol. The van der Waals surface area contributed by atoms with E-state index in [2.05, 4.69) is 4.98 Å². The monoisotopic (exact) mass is 464 g/mol. The zero-order valence-electron chi connectivity index (χ0n) is 17.0. The van der Waals surface area contributed by atoms with Gasteiger partial charge in [-0.3, -0.25) is 4.79 Å². The van der Waals surface area contributed by atoms with Gasteiger partial charge >= 0.3 is 10.2 Å². The molecule has 2 aliphatic heterocycles. The Morgan fingerprint density at radius 3 is 2.58 bits per heavy atom.